The lowest BCUT2D eigenvalue weighted by Crippen LogP contribution is -2.49. The summed E-state index contributed by atoms with van der Waals surface area (Å²) in [4.78, 5) is 42.7. The molecule has 3 heterocycles. The van der Waals surface area contributed by atoms with Crippen molar-refractivity contribution in [3.8, 4) is 5.75 Å². The molecule has 0 radical (unpaired) electrons. The molecule has 0 unspecified atom stereocenters. The minimum atomic E-state index is -0.385. The normalized spacial score (nSPS) is 18.2. The fraction of sp³-hybridized carbons (Fsp3) is 0.321. The second-order valence-electron chi connectivity index (χ2n) is 9.69. The van der Waals surface area contributed by atoms with Crippen LogP contribution in [0.1, 0.15) is 28.4 Å². The Kier molecular flexibility index (Phi) is 6.50. The van der Waals surface area contributed by atoms with Crippen LogP contribution in [0.2, 0.25) is 0 Å². The topological polar surface area (TPSA) is 83.9 Å². The second-order valence-corrected chi connectivity index (χ2v) is 9.69. The van der Waals surface area contributed by atoms with Gasteiger partial charge in [-0.1, -0.05) is 18.2 Å². The number of ether oxygens (including phenoxy) is 1. The van der Waals surface area contributed by atoms with Crippen LogP contribution in [0.25, 0.3) is 0 Å². The maximum Gasteiger partial charge on any atom is 0.274 e. The third-order valence-corrected chi connectivity index (χ3v) is 6.91. The number of hydrogen-bond acceptors (Lipinski definition) is 5. The number of anilines is 2. The average Bonchev–Trinajstić information content (AvgIpc) is 2.89. The number of likely N-dealkylation sites (tertiary alicyclic amines) is 1. The van der Waals surface area contributed by atoms with E-state index in [1.165, 1.54) is 0 Å². The Balaban J connectivity index is 1.27. The van der Waals surface area contributed by atoms with Crippen LogP contribution in [0.5, 0.6) is 5.75 Å². The average molecular weight is 487 g/mol. The molecule has 1 fully saturated rings. The summed E-state index contributed by atoms with van der Waals surface area (Å²) in [6, 6.07) is 20.3. The highest BCUT2D eigenvalue weighted by atomic mass is 16.5. The number of pyridine rings is 1. The van der Waals surface area contributed by atoms with Gasteiger partial charge in [0.05, 0.1) is 0 Å². The molecule has 8 nitrogen and oxygen atoms in total. The summed E-state index contributed by atoms with van der Waals surface area (Å²) in [6.07, 6.45) is 0.944. The Morgan fingerprint density at radius 2 is 1.72 bits per heavy atom. The Bertz CT molecular complexity index is 1320. The molecule has 36 heavy (non-hydrogen) atoms. The van der Waals surface area contributed by atoms with E-state index in [9.17, 15) is 14.4 Å². The van der Waals surface area contributed by atoms with E-state index in [2.05, 4.69) is 5.32 Å². The number of para-hydroxylation sites is 1. The predicted molar refractivity (Wildman–Crippen MR) is 139 cm³/mol. The fourth-order valence-electron chi connectivity index (χ4n) is 5.14. The van der Waals surface area contributed by atoms with Crippen LogP contribution in [0.4, 0.5) is 11.4 Å². The largest absolute Gasteiger partial charge is 0.484 e. The maximum atomic E-state index is 13.2. The van der Waals surface area contributed by atoms with Gasteiger partial charge >= 0.3 is 0 Å². The molecule has 8 heteroatoms. The summed E-state index contributed by atoms with van der Waals surface area (Å²) >= 11 is 0. The van der Waals surface area contributed by atoms with Crippen molar-refractivity contribution in [3.05, 3.63) is 88.3 Å². The van der Waals surface area contributed by atoms with Crippen molar-refractivity contribution >= 4 is 23.2 Å². The molecule has 5 rings (SSSR count). The number of nitrogens with one attached hydrogen (secondary N) is 1. The van der Waals surface area contributed by atoms with E-state index >= 15 is 0 Å². The third-order valence-electron chi connectivity index (χ3n) is 6.91. The van der Waals surface area contributed by atoms with Crippen LogP contribution < -0.4 is 20.5 Å². The molecule has 1 saturated heterocycles. The van der Waals surface area contributed by atoms with E-state index in [-0.39, 0.29) is 41.5 Å². The zero-order valence-electron chi connectivity index (χ0n) is 20.5. The van der Waals surface area contributed by atoms with E-state index in [1.807, 2.05) is 72.4 Å². The Morgan fingerprint density at radius 1 is 0.972 bits per heavy atom. The van der Waals surface area contributed by atoms with Crippen molar-refractivity contribution in [3.63, 3.8) is 0 Å². The lowest BCUT2D eigenvalue weighted by Gasteiger charge is -2.43. The minimum absolute atomic E-state index is 0.0214. The van der Waals surface area contributed by atoms with Gasteiger partial charge in [0.15, 0.2) is 6.61 Å². The number of benzene rings is 2. The monoisotopic (exact) mass is 486 g/mol. The van der Waals surface area contributed by atoms with Crippen molar-refractivity contribution in [2.24, 2.45) is 5.92 Å². The quantitative estimate of drug-likeness (QED) is 0.579. The van der Waals surface area contributed by atoms with Crippen LogP contribution in [-0.4, -0.2) is 55.1 Å². The number of aromatic nitrogens is 1. The molecule has 0 spiro atoms. The van der Waals surface area contributed by atoms with Gasteiger partial charge in [-0.3, -0.25) is 14.4 Å². The van der Waals surface area contributed by atoms with Gasteiger partial charge in [0.1, 0.15) is 11.4 Å². The summed E-state index contributed by atoms with van der Waals surface area (Å²) < 4.78 is 7.25. The summed E-state index contributed by atoms with van der Waals surface area (Å²) in [7, 11) is 3.94. The van der Waals surface area contributed by atoms with E-state index in [4.69, 9.17) is 4.74 Å². The predicted octanol–water partition coefficient (Wildman–Crippen LogP) is 3.19. The van der Waals surface area contributed by atoms with Gasteiger partial charge in [-0.05, 0) is 60.9 Å². The van der Waals surface area contributed by atoms with Crippen LogP contribution in [-0.2, 0) is 11.3 Å². The number of carbonyl (C=O) groups is 2. The number of hydrogen-bond donors (Lipinski definition) is 1. The Hall–Kier alpha value is -4.07. The molecular formula is C28H30N4O4. The number of nitrogens with zero attached hydrogens (tertiary/aromatic N) is 3. The molecule has 0 saturated carbocycles. The van der Waals surface area contributed by atoms with Crippen molar-refractivity contribution in [2.45, 2.75) is 18.9 Å². The standard InChI is InChI=1S/C28H30N4O4/c1-30(2)22-10-8-20(9-11-22)27(34)31-15-19-14-21(17-31)25-13-12-24(28(35)32(25)16-19)29-26(33)18-36-23-6-4-3-5-7-23/h3-13,19,21H,14-18H2,1-2H3,(H,29,33)/t19-,21+/m0/s1. The summed E-state index contributed by atoms with van der Waals surface area (Å²) in [5, 5.41) is 2.69. The molecule has 2 bridgehead atoms. The maximum absolute atomic E-state index is 13.2. The molecule has 1 aromatic heterocycles. The first-order valence-corrected chi connectivity index (χ1v) is 12.2. The van der Waals surface area contributed by atoms with Gasteiger partial charge < -0.3 is 24.4 Å². The number of rotatable bonds is 6. The van der Waals surface area contributed by atoms with E-state index in [0.717, 1.165) is 17.8 Å². The Labute approximate surface area is 210 Å². The molecule has 2 aliphatic heterocycles. The van der Waals surface area contributed by atoms with E-state index in [1.54, 1.807) is 22.8 Å². The zero-order valence-corrected chi connectivity index (χ0v) is 20.5. The Morgan fingerprint density at radius 3 is 2.44 bits per heavy atom. The van der Waals surface area contributed by atoms with E-state index < -0.39 is 0 Å². The van der Waals surface area contributed by atoms with Gasteiger partial charge in [0, 0.05) is 56.6 Å². The van der Waals surface area contributed by atoms with Crippen LogP contribution in [0.3, 0.4) is 0 Å². The molecular weight excluding hydrogens is 456 g/mol. The molecule has 2 amide bonds. The van der Waals surface area contributed by atoms with Gasteiger partial charge in [-0.25, -0.2) is 0 Å². The second kappa shape index (κ2) is 9.89. The van der Waals surface area contributed by atoms with Crippen molar-refractivity contribution in [1.29, 1.82) is 0 Å². The van der Waals surface area contributed by atoms with Crippen LogP contribution in [0.15, 0.2) is 71.5 Å². The SMILES string of the molecule is CN(C)c1ccc(C(=O)N2C[C@@H]3C[C@H](C2)c2ccc(NC(=O)COc4ccccc4)c(=O)n2C3)cc1. The first-order valence-electron chi connectivity index (χ1n) is 12.2. The first kappa shape index (κ1) is 23.7. The molecule has 186 valence electrons. The summed E-state index contributed by atoms with van der Waals surface area (Å²) in [5.74, 6) is 0.501. The van der Waals surface area contributed by atoms with Gasteiger partial charge in [-0.15, -0.1) is 0 Å². The summed E-state index contributed by atoms with van der Waals surface area (Å²) in [5.41, 5.74) is 2.66. The van der Waals surface area contributed by atoms with Crippen molar-refractivity contribution < 1.29 is 14.3 Å². The van der Waals surface area contributed by atoms with Crippen molar-refractivity contribution in [2.75, 3.05) is 44.0 Å². The number of fused-ring (bicyclic) bond motifs is 4. The van der Waals surface area contributed by atoms with Crippen LogP contribution >= 0.6 is 0 Å². The van der Waals surface area contributed by atoms with E-state index in [0.29, 0.717) is 30.9 Å². The molecule has 1 N–H and O–H groups in total. The molecule has 2 aromatic carbocycles. The van der Waals surface area contributed by atoms with Crippen molar-refractivity contribution in [1.82, 2.24) is 9.47 Å². The molecule has 2 aliphatic rings. The molecule has 3 aromatic rings. The highest BCUT2D eigenvalue weighted by Gasteiger charge is 2.37. The third kappa shape index (κ3) is 4.84. The summed E-state index contributed by atoms with van der Waals surface area (Å²) in [6.45, 7) is 1.53. The molecule has 2 atom stereocenters. The van der Waals surface area contributed by atoms with Gasteiger partial charge in [0.2, 0.25) is 0 Å². The van der Waals surface area contributed by atoms with Gasteiger partial charge in [-0.2, -0.15) is 0 Å². The lowest BCUT2D eigenvalue weighted by molar-refractivity contribution is -0.118. The van der Waals surface area contributed by atoms with Gasteiger partial charge in [0.25, 0.3) is 17.4 Å². The lowest BCUT2D eigenvalue weighted by atomic mass is 9.83. The zero-order chi connectivity index (χ0) is 25.2. The highest BCUT2D eigenvalue weighted by molar-refractivity contribution is 5.94. The number of piperidine rings is 1. The minimum Gasteiger partial charge on any atom is -0.484 e. The van der Waals surface area contributed by atoms with Crippen LogP contribution in [0, 0.1) is 5.92 Å². The number of amides is 2. The smallest absolute Gasteiger partial charge is 0.274 e. The number of carbonyl (C=O) groups excluding carboxylic acids is 2. The molecule has 0 aliphatic carbocycles. The first-order chi connectivity index (χ1) is 17.4. The fourth-order valence-corrected chi connectivity index (χ4v) is 5.14. The highest BCUT2D eigenvalue weighted by Crippen LogP contribution is 2.36.